The van der Waals surface area contributed by atoms with Crippen molar-refractivity contribution in [1.82, 2.24) is 0 Å². The van der Waals surface area contributed by atoms with Crippen molar-refractivity contribution >= 4 is 40.4 Å². The second-order valence-corrected chi connectivity index (χ2v) is 7.33. The number of hydrogen-bond acceptors (Lipinski definition) is 4. The Bertz CT molecular complexity index is 1080. The minimum Gasteiger partial charge on any atom is -0.293 e. The van der Waals surface area contributed by atoms with Crippen LogP contribution in [0.1, 0.15) is 15.9 Å². The average molecular weight is 398 g/mol. The molecule has 0 saturated heterocycles. The molecule has 5 heteroatoms. The molecule has 0 N–H and O–H groups in total. The molecule has 29 heavy (non-hydrogen) atoms. The van der Waals surface area contributed by atoms with Gasteiger partial charge >= 0.3 is 0 Å². The summed E-state index contributed by atoms with van der Waals surface area (Å²) in [5.74, 6) is 0.00639. The molecule has 0 aliphatic carbocycles. The highest BCUT2D eigenvalue weighted by atomic mass is 32.2. The van der Waals surface area contributed by atoms with Gasteiger partial charge in [-0.3, -0.25) is 14.5 Å². The zero-order valence-corrected chi connectivity index (χ0v) is 16.4. The van der Waals surface area contributed by atoms with E-state index in [1.165, 1.54) is 11.8 Å². The minimum atomic E-state index is -0.199. The normalized spacial score (nSPS) is 14.9. The number of carbonyl (C=O) groups is 2. The van der Waals surface area contributed by atoms with Crippen LogP contribution in [0, 0.1) is 0 Å². The van der Waals surface area contributed by atoms with E-state index < -0.39 is 0 Å². The van der Waals surface area contributed by atoms with Crippen LogP contribution in [-0.4, -0.2) is 22.6 Å². The summed E-state index contributed by atoms with van der Waals surface area (Å²) >= 11 is 1.27. The molecule has 4 nitrogen and oxygen atoms in total. The number of para-hydroxylation sites is 1. The summed E-state index contributed by atoms with van der Waals surface area (Å²) in [6.45, 7) is 0. The fourth-order valence-electron chi connectivity index (χ4n) is 2.94. The van der Waals surface area contributed by atoms with Crippen molar-refractivity contribution in [2.45, 2.75) is 0 Å². The first kappa shape index (κ1) is 18.9. The zero-order valence-electron chi connectivity index (χ0n) is 15.6. The summed E-state index contributed by atoms with van der Waals surface area (Å²) in [5.41, 5.74) is 2.64. The van der Waals surface area contributed by atoms with Gasteiger partial charge in [-0.05, 0) is 23.8 Å². The molecule has 0 spiro atoms. The smallest absolute Gasteiger partial charge is 0.283 e. The second kappa shape index (κ2) is 8.71. The number of hydrogen-bond donors (Lipinski definition) is 0. The lowest BCUT2D eigenvalue weighted by Crippen LogP contribution is -2.30. The number of anilines is 1. The molecule has 0 saturated carbocycles. The van der Waals surface area contributed by atoms with Crippen molar-refractivity contribution < 1.29 is 9.59 Å². The second-order valence-electron chi connectivity index (χ2n) is 6.39. The maximum Gasteiger partial charge on any atom is 0.283 e. The Morgan fingerprint density at radius 1 is 0.862 bits per heavy atom. The number of ketones is 1. The molecule has 0 aromatic heterocycles. The molecule has 0 bridgehead atoms. The third kappa shape index (κ3) is 4.36. The van der Waals surface area contributed by atoms with Gasteiger partial charge in [0.1, 0.15) is 5.70 Å². The Labute approximate surface area is 173 Å². The van der Waals surface area contributed by atoms with Gasteiger partial charge in [-0.25, -0.2) is 4.99 Å². The molecular formula is C24H18N2O2S. The van der Waals surface area contributed by atoms with E-state index in [1.54, 1.807) is 23.1 Å². The highest BCUT2D eigenvalue weighted by molar-refractivity contribution is 8.14. The summed E-state index contributed by atoms with van der Waals surface area (Å²) in [4.78, 5) is 31.7. The number of aliphatic imine (C=N–C) groups is 1. The molecule has 142 valence electrons. The van der Waals surface area contributed by atoms with E-state index in [0.717, 1.165) is 11.3 Å². The van der Waals surface area contributed by atoms with E-state index in [9.17, 15) is 9.59 Å². The molecule has 0 unspecified atom stereocenters. The van der Waals surface area contributed by atoms with E-state index in [0.29, 0.717) is 16.4 Å². The van der Waals surface area contributed by atoms with Crippen LogP contribution in [-0.2, 0) is 4.79 Å². The first-order chi connectivity index (χ1) is 14.2. The number of thioether (sulfide) groups is 1. The number of carbonyl (C=O) groups excluding carboxylic acids is 2. The van der Waals surface area contributed by atoms with Gasteiger partial charge < -0.3 is 0 Å². The molecule has 0 radical (unpaired) electrons. The van der Waals surface area contributed by atoms with Crippen LogP contribution < -0.4 is 4.90 Å². The fourth-order valence-corrected chi connectivity index (χ4v) is 3.85. The highest BCUT2D eigenvalue weighted by Gasteiger charge is 2.32. The van der Waals surface area contributed by atoms with Gasteiger partial charge in [0.15, 0.2) is 11.0 Å². The van der Waals surface area contributed by atoms with Crippen LogP contribution in [0.3, 0.4) is 0 Å². The molecule has 1 amide bonds. The Kier molecular flexibility index (Phi) is 5.68. The van der Waals surface area contributed by atoms with Crippen molar-refractivity contribution in [2.24, 2.45) is 4.99 Å². The molecular weight excluding hydrogens is 380 g/mol. The minimum absolute atomic E-state index is 0.000695. The van der Waals surface area contributed by atoms with Crippen LogP contribution in [0.2, 0.25) is 0 Å². The van der Waals surface area contributed by atoms with Crippen molar-refractivity contribution in [1.29, 1.82) is 0 Å². The van der Waals surface area contributed by atoms with Crippen molar-refractivity contribution in [3.63, 3.8) is 0 Å². The molecule has 3 aromatic rings. The lowest BCUT2D eigenvalue weighted by Gasteiger charge is -2.17. The third-order valence-corrected chi connectivity index (χ3v) is 5.31. The average Bonchev–Trinajstić information content (AvgIpc) is 3.09. The van der Waals surface area contributed by atoms with Crippen LogP contribution in [0.25, 0.3) is 6.08 Å². The van der Waals surface area contributed by atoms with Gasteiger partial charge in [-0.2, -0.15) is 0 Å². The van der Waals surface area contributed by atoms with E-state index >= 15 is 0 Å². The summed E-state index contributed by atoms with van der Waals surface area (Å²) in [6.07, 6.45) is 1.77. The molecule has 0 fully saturated rings. The Morgan fingerprint density at radius 2 is 1.45 bits per heavy atom. The van der Waals surface area contributed by atoms with Gasteiger partial charge in [0.2, 0.25) is 0 Å². The van der Waals surface area contributed by atoms with Crippen LogP contribution in [0.4, 0.5) is 5.69 Å². The topological polar surface area (TPSA) is 49.7 Å². The Balaban J connectivity index is 1.62. The first-order valence-electron chi connectivity index (χ1n) is 9.18. The van der Waals surface area contributed by atoms with Crippen LogP contribution in [0.5, 0.6) is 0 Å². The molecule has 1 aliphatic rings. The molecule has 4 rings (SSSR count). The third-order valence-electron chi connectivity index (χ3n) is 4.38. The van der Waals surface area contributed by atoms with Gasteiger partial charge in [0.05, 0.1) is 11.4 Å². The number of amidine groups is 1. The number of Topliss-reactive ketones (excluding diaryl/α,β-unsaturated/α-hetero) is 1. The van der Waals surface area contributed by atoms with E-state index in [4.69, 9.17) is 0 Å². The highest BCUT2D eigenvalue weighted by Crippen LogP contribution is 2.29. The lowest BCUT2D eigenvalue weighted by atomic mass is 10.2. The predicted octanol–water partition coefficient (Wildman–Crippen LogP) is 5.05. The molecule has 1 aliphatic heterocycles. The maximum atomic E-state index is 13.1. The number of benzene rings is 3. The van der Waals surface area contributed by atoms with Crippen LogP contribution >= 0.6 is 11.8 Å². The number of amides is 1. The van der Waals surface area contributed by atoms with E-state index in [1.807, 2.05) is 78.9 Å². The summed E-state index contributed by atoms with van der Waals surface area (Å²) in [6, 6.07) is 28.1. The fraction of sp³-hybridized carbons (Fsp3) is 0.0417. The maximum absolute atomic E-state index is 13.1. The monoisotopic (exact) mass is 398 g/mol. The summed E-state index contributed by atoms with van der Waals surface area (Å²) in [5, 5.41) is 0.507. The van der Waals surface area contributed by atoms with Crippen molar-refractivity contribution in [3.8, 4) is 0 Å². The van der Waals surface area contributed by atoms with E-state index in [2.05, 4.69) is 4.99 Å². The molecule has 3 aromatic carbocycles. The quantitative estimate of drug-likeness (QED) is 0.447. The van der Waals surface area contributed by atoms with E-state index in [-0.39, 0.29) is 17.4 Å². The summed E-state index contributed by atoms with van der Waals surface area (Å²) in [7, 11) is 0. The van der Waals surface area contributed by atoms with Crippen molar-refractivity contribution in [3.05, 3.63) is 108 Å². The lowest BCUT2D eigenvalue weighted by molar-refractivity contribution is -0.113. The molecule has 0 atom stereocenters. The molecule has 1 heterocycles. The van der Waals surface area contributed by atoms with Gasteiger partial charge in [0, 0.05) is 5.56 Å². The van der Waals surface area contributed by atoms with Gasteiger partial charge in [-0.15, -0.1) is 0 Å². The Hall–Kier alpha value is -3.44. The zero-order chi connectivity index (χ0) is 20.1. The number of rotatable bonds is 5. The number of nitrogens with zero attached hydrogens (tertiary/aromatic N) is 2. The Morgan fingerprint density at radius 3 is 2.10 bits per heavy atom. The largest absolute Gasteiger partial charge is 0.293 e. The summed E-state index contributed by atoms with van der Waals surface area (Å²) < 4.78 is 0. The predicted molar refractivity (Wildman–Crippen MR) is 119 cm³/mol. The van der Waals surface area contributed by atoms with Gasteiger partial charge in [-0.1, -0.05) is 90.6 Å². The van der Waals surface area contributed by atoms with Crippen LogP contribution in [0.15, 0.2) is 102 Å². The first-order valence-corrected chi connectivity index (χ1v) is 10.2. The van der Waals surface area contributed by atoms with Crippen molar-refractivity contribution in [2.75, 3.05) is 10.7 Å². The SMILES string of the molecule is O=C(CSC1=N/C(=C/c2ccccc2)C(=O)N1c1ccccc1)c1ccccc1. The standard InChI is InChI=1S/C24H18N2O2S/c27-22(19-12-6-2-7-13-19)17-29-24-25-21(16-18-10-4-1-5-11-18)23(28)26(24)20-14-8-3-9-15-20/h1-16H,17H2/b21-16+. The van der Waals surface area contributed by atoms with Gasteiger partial charge in [0.25, 0.3) is 5.91 Å².